The lowest BCUT2D eigenvalue weighted by atomic mass is 9.69. The van der Waals surface area contributed by atoms with Gasteiger partial charge in [0.25, 0.3) is 0 Å². The molecule has 0 aromatic heterocycles. The Hall–Kier alpha value is -1.27. The van der Waals surface area contributed by atoms with Gasteiger partial charge in [-0.05, 0) is 62.7 Å². The Kier molecular flexibility index (Phi) is 5.06. The summed E-state index contributed by atoms with van der Waals surface area (Å²) in [6.07, 6.45) is 4.69. The highest BCUT2D eigenvalue weighted by Crippen LogP contribution is 2.45. The largest absolute Gasteiger partial charge is 0.462 e. The second-order valence-electron chi connectivity index (χ2n) is 6.99. The maximum atomic E-state index is 12.7. The summed E-state index contributed by atoms with van der Waals surface area (Å²) in [4.78, 5) is 0. The zero-order chi connectivity index (χ0) is 17.3. The molecular formula is C18H23F3O3. The minimum Gasteiger partial charge on any atom is -0.462 e. The van der Waals surface area contributed by atoms with Crippen molar-refractivity contribution in [1.29, 1.82) is 0 Å². The predicted octanol–water partition coefficient (Wildman–Crippen LogP) is 4.05. The van der Waals surface area contributed by atoms with E-state index in [0.717, 1.165) is 43.9 Å². The first kappa shape index (κ1) is 17.5. The van der Waals surface area contributed by atoms with Crippen LogP contribution in [-0.4, -0.2) is 22.7 Å². The molecule has 3 rings (SSSR count). The number of fused-ring (bicyclic) bond motifs is 1. The van der Waals surface area contributed by atoms with Gasteiger partial charge in [0.05, 0.1) is 5.92 Å². The van der Waals surface area contributed by atoms with Gasteiger partial charge in [0.1, 0.15) is 11.5 Å². The topological polar surface area (TPSA) is 49.7 Å². The monoisotopic (exact) mass is 344 g/mol. The van der Waals surface area contributed by atoms with E-state index in [9.17, 15) is 23.4 Å². The van der Waals surface area contributed by atoms with Gasteiger partial charge in [-0.1, -0.05) is 6.08 Å². The summed E-state index contributed by atoms with van der Waals surface area (Å²) in [5, 5.41) is 18.8. The third kappa shape index (κ3) is 3.86. The summed E-state index contributed by atoms with van der Waals surface area (Å²) in [6.45, 7) is 0. The first-order chi connectivity index (χ1) is 11.3. The highest BCUT2D eigenvalue weighted by atomic mass is 19.4. The highest BCUT2D eigenvalue weighted by Gasteiger charge is 2.39. The predicted molar refractivity (Wildman–Crippen MR) is 82.3 cm³/mol. The minimum atomic E-state index is -4.21. The van der Waals surface area contributed by atoms with Crippen molar-refractivity contribution in [3.05, 3.63) is 35.8 Å². The van der Waals surface area contributed by atoms with E-state index in [4.69, 9.17) is 4.74 Å². The van der Waals surface area contributed by atoms with E-state index in [0.29, 0.717) is 11.7 Å². The Morgan fingerprint density at radius 1 is 1.12 bits per heavy atom. The Morgan fingerprint density at radius 2 is 1.92 bits per heavy atom. The van der Waals surface area contributed by atoms with Gasteiger partial charge < -0.3 is 14.9 Å². The Morgan fingerprint density at radius 3 is 2.54 bits per heavy atom. The second kappa shape index (κ2) is 6.92. The molecule has 0 spiro atoms. The maximum absolute atomic E-state index is 12.7. The summed E-state index contributed by atoms with van der Waals surface area (Å²) in [5.74, 6) is 0.363. The average molecular weight is 344 g/mol. The molecule has 24 heavy (non-hydrogen) atoms. The van der Waals surface area contributed by atoms with Gasteiger partial charge in [-0.15, -0.1) is 0 Å². The fourth-order valence-electron chi connectivity index (χ4n) is 4.03. The van der Waals surface area contributed by atoms with Gasteiger partial charge in [0, 0.05) is 11.8 Å². The van der Waals surface area contributed by atoms with E-state index in [1.165, 1.54) is 12.2 Å². The van der Waals surface area contributed by atoms with Crippen molar-refractivity contribution >= 4 is 0 Å². The molecule has 6 heteroatoms. The number of aliphatic hydroxyl groups excluding tert-OH is 1. The van der Waals surface area contributed by atoms with Gasteiger partial charge in [0.15, 0.2) is 6.29 Å². The van der Waals surface area contributed by atoms with E-state index in [2.05, 4.69) is 0 Å². The van der Waals surface area contributed by atoms with E-state index >= 15 is 0 Å². The van der Waals surface area contributed by atoms with Crippen LogP contribution in [0.5, 0.6) is 0 Å². The number of hydrogen-bond acceptors (Lipinski definition) is 3. The number of halogens is 3. The standard InChI is InChI=1S/C18H23F3O3/c19-18(20,21)13-5-7-14(8-6-13)24-16-3-1-2-11-10-12(17(22)23)4-9-15(11)16/h3,5,7-8,11-13,15,17,22-23H,1-2,4,6,9-10H2. The van der Waals surface area contributed by atoms with Crippen LogP contribution in [0.3, 0.4) is 0 Å². The Balaban J connectivity index is 1.61. The molecular weight excluding hydrogens is 321 g/mol. The first-order valence-corrected chi connectivity index (χ1v) is 8.53. The smallest absolute Gasteiger partial charge is 0.395 e. The number of allylic oxidation sites excluding steroid dienone is 5. The van der Waals surface area contributed by atoms with Crippen molar-refractivity contribution in [3.63, 3.8) is 0 Å². The number of aliphatic hydroxyl groups is 2. The summed E-state index contributed by atoms with van der Waals surface area (Å²) >= 11 is 0. The van der Waals surface area contributed by atoms with E-state index < -0.39 is 18.4 Å². The lowest BCUT2D eigenvalue weighted by molar-refractivity contribution is -0.160. The summed E-state index contributed by atoms with van der Waals surface area (Å²) in [6, 6.07) is 0. The lowest BCUT2D eigenvalue weighted by Crippen LogP contribution is -2.34. The Labute approximate surface area is 139 Å². The van der Waals surface area contributed by atoms with Crippen molar-refractivity contribution in [2.45, 2.75) is 51.0 Å². The van der Waals surface area contributed by atoms with Crippen LogP contribution in [-0.2, 0) is 4.74 Å². The molecule has 1 saturated carbocycles. The van der Waals surface area contributed by atoms with Crippen LogP contribution in [0, 0.1) is 23.7 Å². The van der Waals surface area contributed by atoms with Crippen LogP contribution in [0.4, 0.5) is 13.2 Å². The molecule has 0 amide bonds. The van der Waals surface area contributed by atoms with Gasteiger partial charge >= 0.3 is 6.18 Å². The zero-order valence-corrected chi connectivity index (χ0v) is 13.4. The van der Waals surface area contributed by atoms with E-state index in [1.54, 1.807) is 0 Å². The molecule has 0 radical (unpaired) electrons. The molecule has 3 aliphatic rings. The minimum absolute atomic E-state index is 0.0878. The summed E-state index contributed by atoms with van der Waals surface area (Å²) in [7, 11) is 0. The molecule has 134 valence electrons. The molecule has 3 aliphatic carbocycles. The molecule has 0 bridgehead atoms. The van der Waals surface area contributed by atoms with E-state index in [1.807, 2.05) is 6.08 Å². The molecule has 1 fully saturated rings. The zero-order valence-electron chi connectivity index (χ0n) is 13.4. The highest BCUT2D eigenvalue weighted by molar-refractivity contribution is 5.22. The van der Waals surface area contributed by atoms with Crippen LogP contribution in [0.15, 0.2) is 35.8 Å². The molecule has 2 N–H and O–H groups in total. The molecule has 0 aromatic carbocycles. The number of ether oxygens (including phenoxy) is 1. The van der Waals surface area contributed by atoms with Gasteiger partial charge in [-0.2, -0.15) is 13.2 Å². The van der Waals surface area contributed by atoms with Crippen LogP contribution in [0.25, 0.3) is 0 Å². The normalized spacial score (nSPS) is 33.8. The maximum Gasteiger partial charge on any atom is 0.395 e. The third-order valence-electron chi connectivity index (χ3n) is 5.41. The fourth-order valence-corrected chi connectivity index (χ4v) is 4.03. The number of alkyl halides is 3. The summed E-state index contributed by atoms with van der Waals surface area (Å²) < 4.78 is 43.9. The van der Waals surface area contributed by atoms with Crippen molar-refractivity contribution in [1.82, 2.24) is 0 Å². The van der Waals surface area contributed by atoms with Gasteiger partial charge in [0.2, 0.25) is 0 Å². The van der Waals surface area contributed by atoms with Crippen molar-refractivity contribution < 1.29 is 28.1 Å². The average Bonchev–Trinajstić information content (AvgIpc) is 2.54. The third-order valence-corrected chi connectivity index (χ3v) is 5.41. The molecule has 0 saturated heterocycles. The van der Waals surface area contributed by atoms with Crippen molar-refractivity contribution in [2.24, 2.45) is 23.7 Å². The molecule has 0 heterocycles. The van der Waals surface area contributed by atoms with E-state index in [-0.39, 0.29) is 18.3 Å². The summed E-state index contributed by atoms with van der Waals surface area (Å²) in [5.41, 5.74) is 0. The van der Waals surface area contributed by atoms with Crippen LogP contribution in [0.1, 0.15) is 38.5 Å². The van der Waals surface area contributed by atoms with Crippen LogP contribution >= 0.6 is 0 Å². The Bertz CT molecular complexity index is 548. The van der Waals surface area contributed by atoms with Gasteiger partial charge in [-0.3, -0.25) is 0 Å². The second-order valence-corrected chi connectivity index (χ2v) is 6.99. The molecule has 3 nitrogen and oxygen atoms in total. The van der Waals surface area contributed by atoms with Crippen molar-refractivity contribution in [3.8, 4) is 0 Å². The molecule has 0 aliphatic heterocycles. The number of hydrogen-bond donors (Lipinski definition) is 2. The SMILES string of the molecule is OC(O)C1CCC2C(OC3=CCC(C(F)(F)F)C=C3)=CCCC2C1. The van der Waals surface area contributed by atoms with Gasteiger partial charge in [-0.25, -0.2) is 0 Å². The van der Waals surface area contributed by atoms with Crippen molar-refractivity contribution in [2.75, 3.05) is 0 Å². The van der Waals surface area contributed by atoms with Crippen LogP contribution in [0.2, 0.25) is 0 Å². The lowest BCUT2D eigenvalue weighted by Gasteiger charge is -2.40. The fraction of sp³-hybridized carbons (Fsp3) is 0.667. The quantitative estimate of drug-likeness (QED) is 0.760. The molecule has 0 aromatic rings. The molecule has 4 atom stereocenters. The van der Waals surface area contributed by atoms with Crippen LogP contribution < -0.4 is 0 Å². The number of rotatable bonds is 3. The molecule has 4 unspecified atom stereocenters. The first-order valence-electron chi connectivity index (χ1n) is 8.53.